The first kappa shape index (κ1) is 10.6. The molecule has 1 aliphatic rings. The minimum Gasteiger partial charge on any atom is -0.358 e. The summed E-state index contributed by atoms with van der Waals surface area (Å²) in [6, 6.07) is 5.73. The molecule has 0 unspecified atom stereocenters. The zero-order valence-corrected chi connectivity index (χ0v) is 10.1. The molecule has 17 heavy (non-hydrogen) atoms. The molecule has 0 spiro atoms. The van der Waals surface area contributed by atoms with E-state index in [1.807, 2.05) is 18.2 Å². The fraction of sp³-hybridized carbons (Fsp3) is 0.357. The van der Waals surface area contributed by atoms with E-state index in [4.69, 9.17) is 7.85 Å². The van der Waals surface area contributed by atoms with Gasteiger partial charge in [-0.15, -0.1) is 0 Å². The Hall–Kier alpha value is -1.51. The van der Waals surface area contributed by atoms with Crippen molar-refractivity contribution in [1.29, 1.82) is 0 Å². The number of ketones is 1. The van der Waals surface area contributed by atoms with Crippen LogP contribution in [0.4, 0.5) is 0 Å². The number of nitrogens with one attached hydrogen (secondary N) is 1. The van der Waals surface area contributed by atoms with Gasteiger partial charge in [-0.3, -0.25) is 4.79 Å². The van der Waals surface area contributed by atoms with E-state index in [-0.39, 0.29) is 11.2 Å². The van der Waals surface area contributed by atoms with Crippen LogP contribution in [0.5, 0.6) is 0 Å². The number of rotatable bonds is 0. The predicted molar refractivity (Wildman–Crippen MR) is 70.1 cm³/mol. The van der Waals surface area contributed by atoms with E-state index in [9.17, 15) is 4.79 Å². The zero-order valence-electron chi connectivity index (χ0n) is 10.1. The number of H-pyrrole nitrogens is 1. The molecular weight excluding hydrogens is 209 g/mol. The second kappa shape index (κ2) is 3.25. The molecule has 1 aliphatic carbocycles. The van der Waals surface area contributed by atoms with Crippen LogP contribution in [0.2, 0.25) is 0 Å². The van der Waals surface area contributed by atoms with E-state index in [0.29, 0.717) is 11.9 Å². The first-order valence-electron chi connectivity index (χ1n) is 5.90. The first-order valence-corrected chi connectivity index (χ1v) is 5.90. The summed E-state index contributed by atoms with van der Waals surface area (Å²) < 4.78 is 0. The summed E-state index contributed by atoms with van der Waals surface area (Å²) in [5.41, 5.74) is 3.55. The largest absolute Gasteiger partial charge is 0.358 e. The van der Waals surface area contributed by atoms with Gasteiger partial charge in [0.2, 0.25) is 0 Å². The van der Waals surface area contributed by atoms with Crippen molar-refractivity contribution in [2.24, 2.45) is 5.41 Å². The molecular formula is C14H14BNO. The SMILES string of the molecule is [B]c1cccc2c3c([nH]c12)CC(C)(C)CC3=O. The van der Waals surface area contributed by atoms with Gasteiger partial charge in [0.1, 0.15) is 7.85 Å². The topological polar surface area (TPSA) is 32.9 Å². The zero-order chi connectivity index (χ0) is 12.2. The highest BCUT2D eigenvalue weighted by Gasteiger charge is 2.33. The quantitative estimate of drug-likeness (QED) is 0.681. The molecule has 84 valence electrons. The monoisotopic (exact) mass is 223 g/mol. The van der Waals surface area contributed by atoms with Crippen LogP contribution in [0.3, 0.4) is 0 Å². The Bertz CT molecular complexity index is 624. The van der Waals surface area contributed by atoms with Crippen LogP contribution in [0, 0.1) is 5.41 Å². The van der Waals surface area contributed by atoms with Gasteiger partial charge in [-0.2, -0.15) is 0 Å². The number of aromatic amines is 1. The molecule has 3 rings (SSSR count). The van der Waals surface area contributed by atoms with Crippen molar-refractivity contribution in [1.82, 2.24) is 4.98 Å². The Morgan fingerprint density at radius 2 is 2.06 bits per heavy atom. The van der Waals surface area contributed by atoms with Crippen LogP contribution in [-0.4, -0.2) is 18.6 Å². The molecule has 1 aromatic carbocycles. The molecule has 0 saturated carbocycles. The molecule has 0 atom stereocenters. The fourth-order valence-electron chi connectivity index (χ4n) is 2.81. The Kier molecular flexibility index (Phi) is 2.03. The Balaban J connectivity index is 2.32. The van der Waals surface area contributed by atoms with Crippen LogP contribution < -0.4 is 5.46 Å². The van der Waals surface area contributed by atoms with Crippen LogP contribution in [-0.2, 0) is 6.42 Å². The lowest BCUT2D eigenvalue weighted by Gasteiger charge is -2.28. The second-order valence-corrected chi connectivity index (χ2v) is 5.69. The van der Waals surface area contributed by atoms with Gasteiger partial charge in [0.25, 0.3) is 0 Å². The Morgan fingerprint density at radius 3 is 2.82 bits per heavy atom. The lowest BCUT2D eigenvalue weighted by Crippen LogP contribution is -2.26. The highest BCUT2D eigenvalue weighted by Crippen LogP contribution is 2.37. The number of aromatic nitrogens is 1. The summed E-state index contributed by atoms with van der Waals surface area (Å²) >= 11 is 0. The molecule has 3 heteroatoms. The summed E-state index contributed by atoms with van der Waals surface area (Å²) in [6.45, 7) is 4.26. The van der Waals surface area contributed by atoms with E-state index in [1.165, 1.54) is 0 Å². The average Bonchev–Trinajstić information content (AvgIpc) is 2.55. The third-order valence-corrected chi connectivity index (χ3v) is 3.52. The standard InChI is InChI=1S/C14H14BNO/c1-14(2)6-10-12(11(17)7-14)8-4-3-5-9(15)13(8)16-10/h3-5,16H,6-7H2,1-2H3. The predicted octanol–water partition coefficient (Wildman–Crippen LogP) is 2.12. The maximum atomic E-state index is 12.2. The third-order valence-electron chi connectivity index (χ3n) is 3.52. The number of hydrogen-bond acceptors (Lipinski definition) is 1. The van der Waals surface area contributed by atoms with Crippen molar-refractivity contribution in [3.05, 3.63) is 29.5 Å². The minimum absolute atomic E-state index is 0.0414. The van der Waals surface area contributed by atoms with E-state index >= 15 is 0 Å². The Labute approximate surface area is 102 Å². The van der Waals surface area contributed by atoms with Crippen molar-refractivity contribution in [3.8, 4) is 0 Å². The number of carbonyl (C=O) groups excluding carboxylic acids is 1. The van der Waals surface area contributed by atoms with Gasteiger partial charge >= 0.3 is 0 Å². The van der Waals surface area contributed by atoms with E-state index in [0.717, 1.165) is 28.6 Å². The summed E-state index contributed by atoms with van der Waals surface area (Å²) in [5.74, 6) is 0.230. The van der Waals surface area contributed by atoms with E-state index in [1.54, 1.807) is 0 Å². The number of fused-ring (bicyclic) bond motifs is 3. The minimum atomic E-state index is 0.0414. The molecule has 1 N–H and O–H groups in total. The maximum absolute atomic E-state index is 12.2. The smallest absolute Gasteiger partial charge is 0.165 e. The van der Waals surface area contributed by atoms with Crippen molar-refractivity contribution in [2.45, 2.75) is 26.7 Å². The van der Waals surface area contributed by atoms with Crippen LogP contribution in [0.25, 0.3) is 10.9 Å². The average molecular weight is 223 g/mol. The molecule has 0 aliphatic heterocycles. The summed E-state index contributed by atoms with van der Waals surface area (Å²) in [4.78, 5) is 15.6. The first-order chi connectivity index (χ1) is 7.98. The van der Waals surface area contributed by atoms with Crippen molar-refractivity contribution >= 4 is 30.0 Å². The highest BCUT2D eigenvalue weighted by molar-refractivity contribution is 6.39. The second-order valence-electron chi connectivity index (χ2n) is 5.69. The molecule has 0 fully saturated rings. The highest BCUT2D eigenvalue weighted by atomic mass is 16.1. The molecule has 0 amide bonds. The van der Waals surface area contributed by atoms with Crippen molar-refractivity contribution in [3.63, 3.8) is 0 Å². The molecule has 0 saturated heterocycles. The van der Waals surface area contributed by atoms with Gasteiger partial charge in [0.15, 0.2) is 5.78 Å². The molecule has 1 aromatic heterocycles. The van der Waals surface area contributed by atoms with Gasteiger partial charge < -0.3 is 4.98 Å². The number of Topliss-reactive ketones (excluding diaryl/α,β-unsaturated/α-hetero) is 1. The fourth-order valence-corrected chi connectivity index (χ4v) is 2.81. The maximum Gasteiger partial charge on any atom is 0.165 e. The molecule has 2 radical (unpaired) electrons. The van der Waals surface area contributed by atoms with Gasteiger partial charge in [-0.25, -0.2) is 0 Å². The van der Waals surface area contributed by atoms with Gasteiger partial charge in [0.05, 0.1) is 0 Å². The van der Waals surface area contributed by atoms with Crippen LogP contribution in [0.15, 0.2) is 18.2 Å². The lowest BCUT2D eigenvalue weighted by atomic mass is 9.76. The van der Waals surface area contributed by atoms with E-state index < -0.39 is 0 Å². The number of carbonyl (C=O) groups is 1. The van der Waals surface area contributed by atoms with Gasteiger partial charge in [0, 0.05) is 28.6 Å². The van der Waals surface area contributed by atoms with Crippen molar-refractivity contribution < 1.29 is 4.79 Å². The normalized spacial score (nSPS) is 18.4. The van der Waals surface area contributed by atoms with Crippen LogP contribution in [0.1, 0.15) is 36.3 Å². The van der Waals surface area contributed by atoms with Gasteiger partial charge in [-0.05, 0) is 11.8 Å². The molecule has 2 aromatic rings. The molecule has 0 bridgehead atoms. The number of benzene rings is 1. The van der Waals surface area contributed by atoms with Gasteiger partial charge in [-0.1, -0.05) is 37.5 Å². The van der Waals surface area contributed by atoms with Crippen LogP contribution >= 0.6 is 0 Å². The number of hydrogen-bond donors (Lipinski definition) is 1. The Morgan fingerprint density at radius 1 is 1.29 bits per heavy atom. The molecule has 2 nitrogen and oxygen atoms in total. The molecule has 1 heterocycles. The lowest BCUT2D eigenvalue weighted by molar-refractivity contribution is 0.0913. The van der Waals surface area contributed by atoms with Crippen molar-refractivity contribution in [2.75, 3.05) is 0 Å². The van der Waals surface area contributed by atoms with E-state index in [2.05, 4.69) is 18.8 Å². The summed E-state index contributed by atoms with van der Waals surface area (Å²) in [7, 11) is 5.94. The third kappa shape index (κ3) is 1.53. The number of para-hydroxylation sites is 1. The summed E-state index contributed by atoms with van der Waals surface area (Å²) in [6.07, 6.45) is 1.52. The summed E-state index contributed by atoms with van der Waals surface area (Å²) in [5, 5.41) is 0.973.